The van der Waals surface area contributed by atoms with E-state index in [2.05, 4.69) is 0 Å². The van der Waals surface area contributed by atoms with Crippen LogP contribution in [0.25, 0.3) is 11.1 Å². The van der Waals surface area contributed by atoms with E-state index in [9.17, 15) is 4.79 Å². The van der Waals surface area contributed by atoms with Crippen LogP contribution in [0.5, 0.6) is 11.5 Å². The smallest absolute Gasteiger partial charge is 0.489 e. The van der Waals surface area contributed by atoms with Gasteiger partial charge in [-0.05, 0) is 41.0 Å². The van der Waals surface area contributed by atoms with Crippen molar-refractivity contribution >= 4 is 17.8 Å². The third-order valence-electron chi connectivity index (χ3n) is 4.26. The summed E-state index contributed by atoms with van der Waals surface area (Å²) >= 11 is 0. The lowest BCUT2D eigenvalue weighted by molar-refractivity contribution is 0.144. The van der Waals surface area contributed by atoms with Crippen LogP contribution in [0.15, 0.2) is 66.7 Å². The van der Waals surface area contributed by atoms with Crippen molar-refractivity contribution < 1.29 is 19.4 Å². The zero-order valence-electron chi connectivity index (χ0n) is 15.9. The first kappa shape index (κ1) is 20.4. The second-order valence-electron chi connectivity index (χ2n) is 6.39. The highest BCUT2D eigenvalue weighted by Crippen LogP contribution is 2.33. The summed E-state index contributed by atoms with van der Waals surface area (Å²) in [5, 5.41) is 24.6. The maximum absolute atomic E-state index is 11.2. The average Bonchev–Trinajstić information content (AvgIpc) is 2.72. The van der Waals surface area contributed by atoms with E-state index in [0.29, 0.717) is 22.4 Å². The number of benzene rings is 3. The van der Waals surface area contributed by atoms with Crippen LogP contribution in [0.4, 0.5) is 4.79 Å². The summed E-state index contributed by atoms with van der Waals surface area (Å²) in [6.07, 6.45) is -1.51. The normalized spacial score (nSPS) is 10.3. The van der Waals surface area contributed by atoms with Gasteiger partial charge in [-0.2, -0.15) is 0 Å². The molecule has 0 amide bonds. The predicted molar refractivity (Wildman–Crippen MR) is 113 cm³/mol. The molecule has 3 aromatic rings. The predicted octanol–water partition coefficient (Wildman–Crippen LogP) is 3.56. The van der Waals surface area contributed by atoms with Crippen LogP contribution in [-0.2, 0) is 6.61 Å². The maximum Gasteiger partial charge on any atom is 0.511 e. The fourth-order valence-corrected chi connectivity index (χ4v) is 2.97. The van der Waals surface area contributed by atoms with Gasteiger partial charge in [0.25, 0.3) is 0 Å². The van der Waals surface area contributed by atoms with Crippen LogP contribution in [0, 0.1) is 10.8 Å². The number of carboxylic acid groups (broad SMARTS) is 1. The molecule has 8 nitrogen and oxygen atoms in total. The lowest BCUT2D eigenvalue weighted by Crippen LogP contribution is -2.17. The molecule has 0 fully saturated rings. The third-order valence-corrected chi connectivity index (χ3v) is 4.26. The highest BCUT2D eigenvalue weighted by Gasteiger charge is 2.19. The second kappa shape index (κ2) is 8.78. The van der Waals surface area contributed by atoms with Crippen LogP contribution < -0.4 is 20.9 Å². The lowest BCUT2D eigenvalue weighted by Gasteiger charge is -2.16. The van der Waals surface area contributed by atoms with E-state index in [1.54, 1.807) is 30.3 Å². The van der Waals surface area contributed by atoms with Gasteiger partial charge in [-0.15, -0.1) is 0 Å². The van der Waals surface area contributed by atoms with Gasteiger partial charge in [-0.25, -0.2) is 4.79 Å². The number of hydrogen-bond donors (Lipinski definition) is 5. The number of rotatable bonds is 7. The van der Waals surface area contributed by atoms with Crippen molar-refractivity contribution in [3.63, 3.8) is 0 Å². The van der Waals surface area contributed by atoms with Gasteiger partial charge in [0, 0.05) is 5.56 Å². The molecule has 0 aliphatic heterocycles. The minimum atomic E-state index is -1.51. The molecule has 8 heteroatoms. The first-order chi connectivity index (χ1) is 14.3. The minimum Gasteiger partial charge on any atom is -0.489 e. The van der Waals surface area contributed by atoms with E-state index in [-0.39, 0.29) is 29.6 Å². The van der Waals surface area contributed by atoms with Crippen LogP contribution >= 0.6 is 0 Å². The molecular weight excluding hydrogens is 384 g/mol. The van der Waals surface area contributed by atoms with Gasteiger partial charge in [-0.1, -0.05) is 42.5 Å². The Bertz CT molecular complexity index is 1110. The number of nitrogens with one attached hydrogen (secondary N) is 2. The van der Waals surface area contributed by atoms with Gasteiger partial charge in [0.1, 0.15) is 29.8 Å². The van der Waals surface area contributed by atoms with Gasteiger partial charge in [-0.3, -0.25) is 10.8 Å². The molecule has 7 N–H and O–H groups in total. The molecule has 0 heterocycles. The molecule has 0 saturated carbocycles. The zero-order chi connectivity index (χ0) is 21.7. The Labute approximate surface area is 172 Å². The molecule has 0 bridgehead atoms. The number of nitrogen functional groups attached to an aromatic ring is 2. The molecular formula is C22H20N4O4. The van der Waals surface area contributed by atoms with Gasteiger partial charge < -0.3 is 26.0 Å². The van der Waals surface area contributed by atoms with Gasteiger partial charge in [0.05, 0.1) is 5.56 Å². The average molecular weight is 404 g/mol. The van der Waals surface area contributed by atoms with Crippen LogP contribution in [0.1, 0.15) is 16.7 Å². The Morgan fingerprint density at radius 2 is 1.67 bits per heavy atom. The van der Waals surface area contributed by atoms with E-state index in [0.717, 1.165) is 5.56 Å². The van der Waals surface area contributed by atoms with Crippen molar-refractivity contribution in [1.82, 2.24) is 0 Å². The van der Waals surface area contributed by atoms with Crippen LogP contribution in [0.3, 0.4) is 0 Å². The number of nitrogens with two attached hydrogens (primary N) is 2. The van der Waals surface area contributed by atoms with Crippen LogP contribution in [-0.4, -0.2) is 22.9 Å². The summed E-state index contributed by atoms with van der Waals surface area (Å²) < 4.78 is 10.7. The van der Waals surface area contributed by atoms with Crippen molar-refractivity contribution in [2.24, 2.45) is 11.5 Å². The van der Waals surface area contributed by atoms with E-state index in [1.165, 1.54) is 6.07 Å². The fraction of sp³-hybridized carbons (Fsp3) is 0.0455. The topological polar surface area (TPSA) is 156 Å². The maximum atomic E-state index is 11.2. The van der Waals surface area contributed by atoms with Crippen LogP contribution in [0.2, 0.25) is 0 Å². The molecule has 0 radical (unpaired) electrons. The second-order valence-corrected chi connectivity index (χ2v) is 6.39. The summed E-state index contributed by atoms with van der Waals surface area (Å²) in [5.41, 5.74) is 13.9. The van der Waals surface area contributed by atoms with Crippen molar-refractivity contribution in [2.75, 3.05) is 0 Å². The summed E-state index contributed by atoms with van der Waals surface area (Å²) in [4.78, 5) is 11.2. The summed E-state index contributed by atoms with van der Waals surface area (Å²) in [6, 6.07) is 19.2. The summed E-state index contributed by atoms with van der Waals surface area (Å²) in [7, 11) is 0. The molecule has 0 spiro atoms. The molecule has 0 atom stereocenters. The quantitative estimate of drug-likeness (QED) is 0.175. The Morgan fingerprint density at radius 3 is 2.30 bits per heavy atom. The van der Waals surface area contributed by atoms with E-state index < -0.39 is 6.16 Å². The Kier molecular flexibility index (Phi) is 5.97. The molecule has 0 saturated heterocycles. The van der Waals surface area contributed by atoms with Crippen molar-refractivity contribution in [2.45, 2.75) is 6.61 Å². The number of hydrogen-bond acceptors (Lipinski definition) is 5. The number of ether oxygens (including phenoxy) is 2. The first-order valence-corrected chi connectivity index (χ1v) is 8.90. The highest BCUT2D eigenvalue weighted by molar-refractivity contribution is 6.04. The third kappa shape index (κ3) is 4.74. The largest absolute Gasteiger partial charge is 0.511 e. The Balaban J connectivity index is 2.02. The monoisotopic (exact) mass is 404 g/mol. The minimum absolute atomic E-state index is 0.0487. The number of carbonyl (C=O) groups is 1. The highest BCUT2D eigenvalue weighted by atomic mass is 16.7. The number of amidine groups is 2. The van der Waals surface area contributed by atoms with Gasteiger partial charge >= 0.3 is 6.16 Å². The Morgan fingerprint density at radius 1 is 0.933 bits per heavy atom. The SMILES string of the molecule is N=C(N)c1cccc(OCc2cc(OC(=O)O)c(C(=N)N)c(-c3ccccc3)c2)c1. The fourth-order valence-electron chi connectivity index (χ4n) is 2.97. The standard InChI is InChI=1S/C22H20N4O4/c23-20(24)15-7-4-8-16(11-15)29-12-13-9-17(14-5-2-1-3-6-14)19(21(25)26)18(10-13)30-22(27)28/h1-11H,12H2,(H3,23,24)(H3,25,26)(H,27,28). The summed E-state index contributed by atoms with van der Waals surface area (Å²) in [5.74, 6) is 0.0641. The summed E-state index contributed by atoms with van der Waals surface area (Å²) in [6.45, 7) is 0.0926. The van der Waals surface area contributed by atoms with E-state index >= 15 is 0 Å². The molecule has 3 rings (SSSR count). The van der Waals surface area contributed by atoms with Gasteiger partial charge in [0.2, 0.25) is 0 Å². The molecule has 30 heavy (non-hydrogen) atoms. The van der Waals surface area contributed by atoms with Crippen molar-refractivity contribution in [3.05, 3.63) is 83.4 Å². The molecule has 3 aromatic carbocycles. The van der Waals surface area contributed by atoms with E-state index in [4.69, 9.17) is 36.9 Å². The zero-order valence-corrected chi connectivity index (χ0v) is 15.9. The first-order valence-electron chi connectivity index (χ1n) is 8.90. The lowest BCUT2D eigenvalue weighted by atomic mass is 9.95. The van der Waals surface area contributed by atoms with E-state index in [1.807, 2.05) is 30.3 Å². The van der Waals surface area contributed by atoms with Crippen molar-refractivity contribution in [1.29, 1.82) is 10.8 Å². The molecule has 0 unspecified atom stereocenters. The molecule has 0 aliphatic rings. The van der Waals surface area contributed by atoms with Crippen molar-refractivity contribution in [3.8, 4) is 22.6 Å². The molecule has 0 aromatic heterocycles. The molecule has 152 valence electrons. The van der Waals surface area contributed by atoms with Gasteiger partial charge in [0.15, 0.2) is 0 Å². The molecule has 0 aliphatic carbocycles. The Hall–Kier alpha value is -4.33.